The zero-order valence-corrected chi connectivity index (χ0v) is 10.4. The SMILES string of the molecule is COc1cccc(CC(O)C(O)C(C)C)c1F. The summed E-state index contributed by atoms with van der Waals surface area (Å²) in [5, 5.41) is 19.4. The molecule has 0 saturated carbocycles. The van der Waals surface area contributed by atoms with Crippen molar-refractivity contribution in [2.45, 2.75) is 32.5 Å². The molecule has 2 atom stereocenters. The van der Waals surface area contributed by atoms with Crippen LogP contribution in [0.2, 0.25) is 0 Å². The van der Waals surface area contributed by atoms with Crippen LogP contribution in [0.5, 0.6) is 5.75 Å². The smallest absolute Gasteiger partial charge is 0.168 e. The van der Waals surface area contributed by atoms with E-state index in [1.54, 1.807) is 26.0 Å². The van der Waals surface area contributed by atoms with Gasteiger partial charge in [0.05, 0.1) is 19.3 Å². The van der Waals surface area contributed by atoms with Crippen LogP contribution in [-0.4, -0.2) is 29.5 Å². The summed E-state index contributed by atoms with van der Waals surface area (Å²) in [4.78, 5) is 0. The molecule has 96 valence electrons. The number of hydrogen-bond donors (Lipinski definition) is 2. The van der Waals surface area contributed by atoms with Crippen molar-refractivity contribution in [1.82, 2.24) is 0 Å². The molecule has 1 aromatic rings. The highest BCUT2D eigenvalue weighted by atomic mass is 19.1. The van der Waals surface area contributed by atoms with E-state index in [2.05, 4.69) is 0 Å². The fraction of sp³-hybridized carbons (Fsp3) is 0.538. The third-order valence-corrected chi connectivity index (χ3v) is 2.77. The lowest BCUT2D eigenvalue weighted by atomic mass is 9.96. The van der Waals surface area contributed by atoms with Gasteiger partial charge in [-0.2, -0.15) is 0 Å². The van der Waals surface area contributed by atoms with Gasteiger partial charge in [-0.3, -0.25) is 0 Å². The van der Waals surface area contributed by atoms with Gasteiger partial charge in [0.25, 0.3) is 0 Å². The zero-order valence-electron chi connectivity index (χ0n) is 10.4. The Kier molecular flexibility index (Phi) is 4.90. The van der Waals surface area contributed by atoms with Gasteiger partial charge in [-0.05, 0) is 17.5 Å². The lowest BCUT2D eigenvalue weighted by Crippen LogP contribution is -2.32. The van der Waals surface area contributed by atoms with E-state index in [1.807, 2.05) is 0 Å². The molecule has 17 heavy (non-hydrogen) atoms. The normalized spacial score (nSPS) is 14.8. The van der Waals surface area contributed by atoms with Crippen molar-refractivity contribution in [2.24, 2.45) is 5.92 Å². The molecule has 0 spiro atoms. The first kappa shape index (κ1) is 13.9. The van der Waals surface area contributed by atoms with Crippen LogP contribution in [0.15, 0.2) is 18.2 Å². The second-order valence-corrected chi connectivity index (χ2v) is 4.44. The van der Waals surface area contributed by atoms with E-state index >= 15 is 0 Å². The summed E-state index contributed by atoms with van der Waals surface area (Å²) in [7, 11) is 1.39. The zero-order chi connectivity index (χ0) is 13.0. The molecule has 3 nitrogen and oxygen atoms in total. The molecular weight excluding hydrogens is 223 g/mol. The van der Waals surface area contributed by atoms with Crippen molar-refractivity contribution < 1.29 is 19.3 Å². The van der Waals surface area contributed by atoms with E-state index in [-0.39, 0.29) is 18.1 Å². The molecular formula is C13H19FO3. The van der Waals surface area contributed by atoms with E-state index in [4.69, 9.17) is 4.74 Å². The maximum absolute atomic E-state index is 13.8. The van der Waals surface area contributed by atoms with Crippen molar-refractivity contribution in [3.8, 4) is 5.75 Å². The summed E-state index contributed by atoms with van der Waals surface area (Å²) >= 11 is 0. The van der Waals surface area contributed by atoms with Gasteiger partial charge in [0.1, 0.15) is 0 Å². The lowest BCUT2D eigenvalue weighted by Gasteiger charge is -2.21. The molecule has 0 aromatic heterocycles. The number of halogens is 1. The van der Waals surface area contributed by atoms with E-state index < -0.39 is 18.0 Å². The van der Waals surface area contributed by atoms with Gasteiger partial charge in [-0.15, -0.1) is 0 Å². The first-order valence-electron chi connectivity index (χ1n) is 5.64. The minimum Gasteiger partial charge on any atom is -0.494 e. The highest BCUT2D eigenvalue weighted by molar-refractivity contribution is 5.31. The summed E-state index contributed by atoms with van der Waals surface area (Å²) < 4.78 is 18.6. The Morgan fingerprint density at radius 1 is 1.29 bits per heavy atom. The Hall–Kier alpha value is -1.13. The highest BCUT2D eigenvalue weighted by Gasteiger charge is 2.22. The summed E-state index contributed by atoms with van der Waals surface area (Å²) in [6, 6.07) is 4.75. The van der Waals surface area contributed by atoms with Crippen LogP contribution in [0, 0.1) is 11.7 Å². The first-order valence-corrected chi connectivity index (χ1v) is 5.64. The average Bonchev–Trinajstić information content (AvgIpc) is 2.30. The van der Waals surface area contributed by atoms with Crippen LogP contribution < -0.4 is 4.74 Å². The van der Waals surface area contributed by atoms with E-state index in [1.165, 1.54) is 13.2 Å². The summed E-state index contributed by atoms with van der Waals surface area (Å²) in [5.74, 6) is -0.405. The monoisotopic (exact) mass is 242 g/mol. The summed E-state index contributed by atoms with van der Waals surface area (Å²) in [5.41, 5.74) is 0.344. The quantitative estimate of drug-likeness (QED) is 0.827. The van der Waals surface area contributed by atoms with Gasteiger partial charge < -0.3 is 14.9 Å². The predicted molar refractivity (Wildman–Crippen MR) is 63.5 cm³/mol. The fourth-order valence-electron chi connectivity index (χ4n) is 1.66. The Labute approximate surface area is 101 Å². The molecule has 0 aliphatic carbocycles. The minimum atomic E-state index is -0.975. The Morgan fingerprint density at radius 2 is 1.94 bits per heavy atom. The summed E-state index contributed by atoms with van der Waals surface area (Å²) in [6.07, 6.45) is -1.76. The first-order chi connectivity index (χ1) is 7.97. The molecule has 0 amide bonds. The molecule has 0 saturated heterocycles. The molecule has 1 rings (SSSR count). The Balaban J connectivity index is 2.81. The van der Waals surface area contributed by atoms with Gasteiger partial charge in [-0.1, -0.05) is 26.0 Å². The number of aliphatic hydroxyl groups is 2. The molecule has 1 aromatic carbocycles. The number of rotatable bonds is 5. The van der Waals surface area contributed by atoms with Crippen LogP contribution >= 0.6 is 0 Å². The van der Waals surface area contributed by atoms with Crippen LogP contribution in [0.25, 0.3) is 0 Å². The molecule has 0 aliphatic heterocycles. The van der Waals surface area contributed by atoms with Crippen molar-refractivity contribution in [1.29, 1.82) is 0 Å². The van der Waals surface area contributed by atoms with Gasteiger partial charge in [0.15, 0.2) is 11.6 Å². The van der Waals surface area contributed by atoms with Gasteiger partial charge in [0, 0.05) is 6.42 Å². The van der Waals surface area contributed by atoms with Crippen molar-refractivity contribution in [3.05, 3.63) is 29.6 Å². The second kappa shape index (κ2) is 5.98. The Bertz CT molecular complexity index is 366. The van der Waals surface area contributed by atoms with Crippen LogP contribution in [0.1, 0.15) is 19.4 Å². The number of methoxy groups -OCH3 is 1. The molecule has 0 aliphatic rings. The largest absolute Gasteiger partial charge is 0.494 e. The predicted octanol–water partition coefficient (Wildman–Crippen LogP) is 1.75. The van der Waals surface area contributed by atoms with Crippen molar-refractivity contribution >= 4 is 0 Å². The van der Waals surface area contributed by atoms with E-state index in [0.29, 0.717) is 5.56 Å². The second-order valence-electron chi connectivity index (χ2n) is 4.44. The molecule has 4 heteroatoms. The van der Waals surface area contributed by atoms with Crippen LogP contribution in [-0.2, 0) is 6.42 Å². The van der Waals surface area contributed by atoms with E-state index in [0.717, 1.165) is 0 Å². The molecule has 0 fully saturated rings. The molecule has 0 bridgehead atoms. The number of ether oxygens (including phenoxy) is 1. The highest BCUT2D eigenvalue weighted by Crippen LogP contribution is 2.22. The number of aliphatic hydroxyl groups excluding tert-OH is 2. The van der Waals surface area contributed by atoms with E-state index in [9.17, 15) is 14.6 Å². The lowest BCUT2D eigenvalue weighted by molar-refractivity contribution is -0.00772. The van der Waals surface area contributed by atoms with Crippen LogP contribution in [0.3, 0.4) is 0 Å². The van der Waals surface area contributed by atoms with Crippen molar-refractivity contribution in [3.63, 3.8) is 0 Å². The summed E-state index contributed by atoms with van der Waals surface area (Å²) in [6.45, 7) is 3.60. The minimum absolute atomic E-state index is 0.0707. The fourth-order valence-corrected chi connectivity index (χ4v) is 1.66. The molecule has 2 unspecified atom stereocenters. The maximum Gasteiger partial charge on any atom is 0.168 e. The molecule has 0 heterocycles. The Morgan fingerprint density at radius 3 is 2.47 bits per heavy atom. The van der Waals surface area contributed by atoms with Crippen LogP contribution in [0.4, 0.5) is 4.39 Å². The van der Waals surface area contributed by atoms with Gasteiger partial charge in [-0.25, -0.2) is 4.39 Å². The number of benzene rings is 1. The molecule has 0 radical (unpaired) electrons. The van der Waals surface area contributed by atoms with Gasteiger partial charge in [0.2, 0.25) is 0 Å². The average molecular weight is 242 g/mol. The third kappa shape index (κ3) is 3.41. The van der Waals surface area contributed by atoms with Gasteiger partial charge >= 0.3 is 0 Å². The molecule has 2 N–H and O–H groups in total. The van der Waals surface area contributed by atoms with Crippen molar-refractivity contribution in [2.75, 3.05) is 7.11 Å². The topological polar surface area (TPSA) is 49.7 Å². The maximum atomic E-state index is 13.8. The number of hydrogen-bond acceptors (Lipinski definition) is 3. The standard InChI is InChI=1S/C13H19FO3/c1-8(2)13(16)10(15)7-9-5-4-6-11(17-3)12(9)14/h4-6,8,10,13,15-16H,7H2,1-3H3. The third-order valence-electron chi connectivity index (χ3n) is 2.77.